The van der Waals surface area contributed by atoms with Crippen LogP contribution in [0.25, 0.3) is 0 Å². The number of morpholine rings is 1. The van der Waals surface area contributed by atoms with E-state index in [0.29, 0.717) is 13.2 Å². The maximum atomic E-state index is 10.7. The molecule has 1 aliphatic heterocycles. The zero-order chi connectivity index (χ0) is 8.39. The summed E-state index contributed by atoms with van der Waals surface area (Å²) in [6.45, 7) is 2.89. The Bertz CT molecular complexity index is 299. The van der Waals surface area contributed by atoms with Crippen molar-refractivity contribution in [2.24, 2.45) is 0 Å². The van der Waals surface area contributed by atoms with E-state index in [-0.39, 0.29) is 5.63 Å². The number of hydrogen-bond acceptors (Lipinski definition) is 4. The number of H-pyrrole nitrogens is 1. The molecule has 12 heavy (non-hydrogen) atoms. The van der Waals surface area contributed by atoms with Crippen LogP contribution >= 0.6 is 0 Å². The minimum atomic E-state index is -0.374. The lowest BCUT2D eigenvalue weighted by atomic mass is 10.5. The summed E-state index contributed by atoms with van der Waals surface area (Å²) in [6, 6.07) is 0. The average Bonchev–Trinajstić information content (AvgIpc) is 2.54. The van der Waals surface area contributed by atoms with Gasteiger partial charge in [-0.25, -0.2) is 4.79 Å². The maximum absolute atomic E-state index is 10.7. The molecule has 1 aliphatic rings. The molecule has 0 bridgehead atoms. The van der Waals surface area contributed by atoms with Crippen LogP contribution in [0.15, 0.2) is 15.5 Å². The van der Waals surface area contributed by atoms with Gasteiger partial charge in [0.25, 0.3) is 0 Å². The van der Waals surface area contributed by atoms with Crippen molar-refractivity contribution < 1.29 is 14.1 Å². The molecule has 2 rings (SSSR count). The van der Waals surface area contributed by atoms with Gasteiger partial charge in [0.15, 0.2) is 0 Å². The normalized spacial score (nSPS) is 18.2. The molecule has 0 spiro atoms. The highest BCUT2D eigenvalue weighted by molar-refractivity contribution is 4.72. The van der Waals surface area contributed by atoms with Gasteiger partial charge < -0.3 is 4.74 Å². The quantitative estimate of drug-likeness (QED) is 0.509. The van der Waals surface area contributed by atoms with E-state index in [4.69, 9.17) is 4.74 Å². The van der Waals surface area contributed by atoms with Crippen molar-refractivity contribution >= 4 is 0 Å². The lowest BCUT2D eigenvalue weighted by Crippen LogP contribution is -2.63. The fourth-order valence-corrected chi connectivity index (χ4v) is 1.15. The molecule has 66 valence electrons. The second kappa shape index (κ2) is 2.98. The van der Waals surface area contributed by atoms with E-state index < -0.39 is 0 Å². The van der Waals surface area contributed by atoms with Gasteiger partial charge in [0.2, 0.25) is 0 Å². The van der Waals surface area contributed by atoms with Crippen LogP contribution in [0.1, 0.15) is 0 Å². The molecule has 0 atom stereocenters. The lowest BCUT2D eigenvalue weighted by molar-refractivity contribution is -0.759. The third kappa shape index (κ3) is 1.33. The molecule has 1 fully saturated rings. The van der Waals surface area contributed by atoms with E-state index in [1.807, 2.05) is 5.01 Å². The molecular formula is C6H10N3O3+. The van der Waals surface area contributed by atoms with E-state index in [0.717, 1.165) is 13.1 Å². The Balaban J connectivity index is 2.13. The Morgan fingerprint density at radius 2 is 2.25 bits per heavy atom. The van der Waals surface area contributed by atoms with Crippen LogP contribution in [0.3, 0.4) is 0 Å². The molecule has 6 heteroatoms. The topological polar surface area (TPSA) is 62.4 Å². The number of nitrogens with zero attached hydrogens (tertiary/aromatic N) is 2. The van der Waals surface area contributed by atoms with Crippen LogP contribution < -0.4 is 15.4 Å². The summed E-state index contributed by atoms with van der Waals surface area (Å²) in [6.07, 6.45) is 1.37. The van der Waals surface area contributed by atoms with Gasteiger partial charge in [-0.1, -0.05) is 0 Å². The van der Waals surface area contributed by atoms with Crippen molar-refractivity contribution in [3.63, 3.8) is 0 Å². The maximum Gasteiger partial charge on any atom is 0.430 e. The van der Waals surface area contributed by atoms with Crippen LogP contribution in [-0.2, 0) is 4.74 Å². The predicted molar refractivity (Wildman–Crippen MR) is 38.3 cm³/mol. The molecule has 1 N–H and O–H groups in total. The monoisotopic (exact) mass is 172 g/mol. The number of rotatable bonds is 1. The zero-order valence-electron chi connectivity index (χ0n) is 6.52. The molecule has 2 heterocycles. The molecule has 6 nitrogen and oxygen atoms in total. The summed E-state index contributed by atoms with van der Waals surface area (Å²) in [5, 5.41) is 4.41. The van der Waals surface area contributed by atoms with Crippen molar-refractivity contribution in [3.05, 3.63) is 16.6 Å². The lowest BCUT2D eigenvalue weighted by Gasteiger charge is -2.19. The molecule has 0 amide bonds. The van der Waals surface area contributed by atoms with Gasteiger partial charge >= 0.3 is 11.8 Å². The zero-order valence-corrected chi connectivity index (χ0v) is 6.52. The predicted octanol–water partition coefficient (Wildman–Crippen LogP) is -1.78. The largest absolute Gasteiger partial charge is 0.430 e. The number of hydrogen-bond donors (Lipinski definition) is 1. The number of nitrogens with one attached hydrogen (secondary N) is 1. The second-order valence-corrected chi connectivity index (χ2v) is 2.55. The second-order valence-electron chi connectivity index (χ2n) is 2.55. The fraction of sp³-hybridized carbons (Fsp3) is 0.667. The van der Waals surface area contributed by atoms with E-state index in [1.165, 1.54) is 6.20 Å². The van der Waals surface area contributed by atoms with Gasteiger partial charge in [0.1, 0.15) is 0 Å². The molecular weight excluding hydrogens is 162 g/mol. The van der Waals surface area contributed by atoms with Crippen molar-refractivity contribution in [1.29, 1.82) is 0 Å². The molecule has 0 aromatic carbocycles. The van der Waals surface area contributed by atoms with Gasteiger partial charge in [-0.3, -0.25) is 4.52 Å². The van der Waals surface area contributed by atoms with Gasteiger partial charge in [-0.05, 0) is 0 Å². The first-order valence-corrected chi connectivity index (χ1v) is 3.79. The van der Waals surface area contributed by atoms with Gasteiger partial charge in [0.05, 0.1) is 26.3 Å². The van der Waals surface area contributed by atoms with Crippen molar-refractivity contribution in [3.8, 4) is 0 Å². The Labute approximate surface area is 68.3 Å². The highest BCUT2D eigenvalue weighted by atomic mass is 16.5. The standard InChI is InChI=1S/C6H9N3O3/c10-6-5-9(7-12-6)8-1-3-11-4-2-8/h5H,1-4H2/p+1. The van der Waals surface area contributed by atoms with Crippen LogP contribution in [0.2, 0.25) is 0 Å². The third-order valence-electron chi connectivity index (χ3n) is 1.76. The molecule has 1 aromatic heterocycles. The summed E-state index contributed by atoms with van der Waals surface area (Å²) in [5.74, 6) is 0. The Morgan fingerprint density at radius 3 is 2.83 bits per heavy atom. The van der Waals surface area contributed by atoms with E-state index in [2.05, 4.69) is 9.79 Å². The highest BCUT2D eigenvalue weighted by Crippen LogP contribution is 1.87. The summed E-state index contributed by atoms with van der Waals surface area (Å²) in [4.78, 5) is 12.2. The van der Waals surface area contributed by atoms with Crippen LogP contribution in [-0.4, -0.2) is 31.6 Å². The van der Waals surface area contributed by atoms with Gasteiger partial charge in [-0.2, -0.15) is 5.01 Å². The minimum Gasteiger partial charge on any atom is -0.377 e. The SMILES string of the molecule is O=c1c[n+](N2CCOCC2)[nH]o1. The summed E-state index contributed by atoms with van der Waals surface area (Å²) < 4.78 is 9.67. The van der Waals surface area contributed by atoms with Crippen molar-refractivity contribution in [2.75, 3.05) is 31.3 Å². The molecule has 0 radical (unpaired) electrons. The number of aromatic nitrogens is 2. The molecule has 1 saturated heterocycles. The van der Waals surface area contributed by atoms with Gasteiger partial charge in [0, 0.05) is 10.1 Å². The summed E-state index contributed by atoms with van der Waals surface area (Å²) in [7, 11) is 0. The minimum absolute atomic E-state index is 0.374. The Hall–Kier alpha value is -1.30. The molecule has 0 saturated carbocycles. The first-order chi connectivity index (χ1) is 5.86. The van der Waals surface area contributed by atoms with Gasteiger partial charge in [-0.15, -0.1) is 0 Å². The molecule has 0 unspecified atom stereocenters. The van der Waals surface area contributed by atoms with E-state index >= 15 is 0 Å². The highest BCUT2D eigenvalue weighted by Gasteiger charge is 2.19. The summed E-state index contributed by atoms with van der Waals surface area (Å²) >= 11 is 0. The molecule has 0 aliphatic carbocycles. The fourth-order valence-electron chi connectivity index (χ4n) is 1.15. The Kier molecular flexibility index (Phi) is 1.83. The number of aromatic amines is 1. The molecule has 1 aromatic rings. The van der Waals surface area contributed by atoms with Crippen LogP contribution in [0, 0.1) is 0 Å². The number of ether oxygens (including phenoxy) is 1. The smallest absolute Gasteiger partial charge is 0.377 e. The van der Waals surface area contributed by atoms with Crippen molar-refractivity contribution in [2.45, 2.75) is 0 Å². The first kappa shape index (κ1) is 7.35. The average molecular weight is 172 g/mol. The van der Waals surface area contributed by atoms with Crippen LogP contribution in [0.5, 0.6) is 0 Å². The summed E-state index contributed by atoms with van der Waals surface area (Å²) in [5.41, 5.74) is -0.374. The van der Waals surface area contributed by atoms with E-state index in [9.17, 15) is 4.79 Å². The van der Waals surface area contributed by atoms with Crippen molar-refractivity contribution in [1.82, 2.24) is 5.27 Å². The van der Waals surface area contributed by atoms with Crippen LogP contribution in [0.4, 0.5) is 0 Å². The Morgan fingerprint density at radius 1 is 1.50 bits per heavy atom. The van der Waals surface area contributed by atoms with E-state index in [1.54, 1.807) is 4.79 Å². The first-order valence-electron chi connectivity index (χ1n) is 3.79. The third-order valence-corrected chi connectivity index (χ3v) is 1.76.